The van der Waals surface area contributed by atoms with Gasteiger partial charge in [0.25, 0.3) is 0 Å². The largest absolute Gasteiger partial charge is 0.335 e. The minimum absolute atomic E-state index is 0.0662. The molecule has 0 atom stereocenters. The fourth-order valence-corrected chi connectivity index (χ4v) is 1.54. The van der Waals surface area contributed by atoms with E-state index in [9.17, 15) is 18.0 Å². The molecule has 2 rings (SSSR count). The van der Waals surface area contributed by atoms with Crippen LogP contribution in [-0.2, 0) is 0 Å². The lowest BCUT2D eigenvalue weighted by molar-refractivity contribution is 0.240. The summed E-state index contributed by atoms with van der Waals surface area (Å²) in [6.07, 6.45) is 2.77. The van der Waals surface area contributed by atoms with Gasteiger partial charge in [-0.1, -0.05) is 0 Å². The molecule has 1 aliphatic rings. The van der Waals surface area contributed by atoms with Gasteiger partial charge in [-0.25, -0.2) is 18.0 Å². The number of carbonyl (C=O) groups is 1. The van der Waals surface area contributed by atoms with Gasteiger partial charge in [-0.2, -0.15) is 0 Å². The molecule has 0 saturated heterocycles. The van der Waals surface area contributed by atoms with Gasteiger partial charge in [-0.15, -0.1) is 0 Å². The quantitative estimate of drug-likeness (QED) is 0.772. The van der Waals surface area contributed by atoms with Gasteiger partial charge in [-0.05, 0) is 19.3 Å². The topological polar surface area (TPSA) is 41.1 Å². The number of urea groups is 1. The highest BCUT2D eigenvalue weighted by Crippen LogP contribution is 2.20. The van der Waals surface area contributed by atoms with Crippen molar-refractivity contribution in [1.82, 2.24) is 5.32 Å². The van der Waals surface area contributed by atoms with E-state index < -0.39 is 29.2 Å². The maximum Gasteiger partial charge on any atom is 0.319 e. The van der Waals surface area contributed by atoms with E-state index in [0.717, 1.165) is 25.3 Å². The van der Waals surface area contributed by atoms with Gasteiger partial charge in [0.2, 0.25) is 0 Å². The number of benzene rings is 1. The Morgan fingerprint density at radius 2 is 1.94 bits per heavy atom. The standard InChI is InChI=1S/C11H11F3N2O/c12-6-4-8(13)10(14)9(5-6)16-11(17)15-7-2-1-3-7/h4-5,7H,1-3H2,(H2,15,16,17). The number of amides is 2. The van der Waals surface area contributed by atoms with Crippen molar-refractivity contribution in [2.75, 3.05) is 5.32 Å². The van der Waals surface area contributed by atoms with Crippen molar-refractivity contribution in [3.63, 3.8) is 0 Å². The zero-order valence-electron chi connectivity index (χ0n) is 8.90. The second-order valence-corrected chi connectivity index (χ2v) is 3.98. The van der Waals surface area contributed by atoms with E-state index in [2.05, 4.69) is 10.6 Å². The molecule has 2 amide bonds. The number of carbonyl (C=O) groups excluding carboxylic acids is 1. The maximum atomic E-state index is 13.2. The Morgan fingerprint density at radius 1 is 1.24 bits per heavy atom. The molecule has 3 nitrogen and oxygen atoms in total. The summed E-state index contributed by atoms with van der Waals surface area (Å²) >= 11 is 0. The third-order valence-corrected chi connectivity index (χ3v) is 2.68. The molecular formula is C11H11F3N2O. The predicted octanol–water partition coefficient (Wildman–Crippen LogP) is 2.78. The molecule has 92 valence electrons. The van der Waals surface area contributed by atoms with Crippen LogP contribution in [0.3, 0.4) is 0 Å². The molecule has 1 saturated carbocycles. The first kappa shape index (κ1) is 11.8. The van der Waals surface area contributed by atoms with Gasteiger partial charge in [0.15, 0.2) is 11.6 Å². The first-order valence-electron chi connectivity index (χ1n) is 5.28. The number of anilines is 1. The van der Waals surface area contributed by atoms with E-state index >= 15 is 0 Å². The van der Waals surface area contributed by atoms with Crippen LogP contribution < -0.4 is 10.6 Å². The van der Waals surface area contributed by atoms with E-state index in [1.54, 1.807) is 0 Å². The summed E-state index contributed by atoms with van der Waals surface area (Å²) in [5.41, 5.74) is -0.501. The van der Waals surface area contributed by atoms with Crippen molar-refractivity contribution in [3.05, 3.63) is 29.6 Å². The van der Waals surface area contributed by atoms with Gasteiger partial charge < -0.3 is 10.6 Å². The molecule has 0 aliphatic heterocycles. The Labute approximate surface area is 96.0 Å². The molecule has 1 aromatic rings. The number of rotatable bonds is 2. The summed E-state index contributed by atoms with van der Waals surface area (Å²) in [5, 5.41) is 4.66. The third-order valence-electron chi connectivity index (χ3n) is 2.68. The molecule has 1 aliphatic carbocycles. The Hall–Kier alpha value is -1.72. The van der Waals surface area contributed by atoms with Crippen molar-refractivity contribution in [3.8, 4) is 0 Å². The zero-order chi connectivity index (χ0) is 12.4. The van der Waals surface area contributed by atoms with Gasteiger partial charge >= 0.3 is 6.03 Å². The Balaban J connectivity index is 2.04. The molecular weight excluding hydrogens is 233 g/mol. The average molecular weight is 244 g/mol. The van der Waals surface area contributed by atoms with Crippen LogP contribution in [0.2, 0.25) is 0 Å². The van der Waals surface area contributed by atoms with Crippen molar-refractivity contribution in [2.24, 2.45) is 0 Å². The molecule has 2 N–H and O–H groups in total. The highest BCUT2D eigenvalue weighted by Gasteiger charge is 2.20. The molecule has 0 heterocycles. The lowest BCUT2D eigenvalue weighted by Crippen LogP contribution is -2.42. The Bertz CT molecular complexity index is 447. The molecule has 6 heteroatoms. The van der Waals surface area contributed by atoms with Gasteiger partial charge in [0.05, 0.1) is 5.69 Å². The molecule has 1 aromatic carbocycles. The summed E-state index contributed by atoms with van der Waals surface area (Å²) in [6, 6.07) is 0.568. The van der Waals surface area contributed by atoms with E-state index in [1.807, 2.05) is 0 Å². The first-order valence-corrected chi connectivity index (χ1v) is 5.28. The minimum Gasteiger partial charge on any atom is -0.335 e. The highest BCUT2D eigenvalue weighted by molar-refractivity contribution is 5.89. The van der Waals surface area contributed by atoms with Crippen LogP contribution >= 0.6 is 0 Å². The number of hydrogen-bond donors (Lipinski definition) is 2. The lowest BCUT2D eigenvalue weighted by atomic mass is 9.93. The molecule has 0 aromatic heterocycles. The summed E-state index contributed by atoms with van der Waals surface area (Å²) in [4.78, 5) is 11.4. The second-order valence-electron chi connectivity index (χ2n) is 3.98. The van der Waals surface area contributed by atoms with Crippen LogP contribution in [0, 0.1) is 17.5 Å². The summed E-state index contributed by atoms with van der Waals surface area (Å²) in [6.45, 7) is 0. The van der Waals surface area contributed by atoms with E-state index in [0.29, 0.717) is 6.07 Å². The molecule has 17 heavy (non-hydrogen) atoms. The van der Waals surface area contributed by atoms with Crippen molar-refractivity contribution in [1.29, 1.82) is 0 Å². The molecule has 0 radical (unpaired) electrons. The number of hydrogen-bond acceptors (Lipinski definition) is 1. The van der Waals surface area contributed by atoms with Gasteiger partial charge in [-0.3, -0.25) is 0 Å². The molecule has 1 fully saturated rings. The minimum atomic E-state index is -1.33. The predicted molar refractivity (Wildman–Crippen MR) is 56.1 cm³/mol. The zero-order valence-corrected chi connectivity index (χ0v) is 8.90. The van der Waals surface area contributed by atoms with Crippen molar-refractivity contribution < 1.29 is 18.0 Å². The van der Waals surface area contributed by atoms with E-state index in [4.69, 9.17) is 0 Å². The normalized spacial score (nSPS) is 15.2. The van der Waals surface area contributed by atoms with Crippen LogP contribution in [0.5, 0.6) is 0 Å². The van der Waals surface area contributed by atoms with Crippen LogP contribution in [-0.4, -0.2) is 12.1 Å². The SMILES string of the molecule is O=C(Nc1cc(F)cc(F)c1F)NC1CCC1. The highest BCUT2D eigenvalue weighted by atomic mass is 19.2. The summed E-state index contributed by atoms with van der Waals surface area (Å²) in [7, 11) is 0. The monoisotopic (exact) mass is 244 g/mol. The third kappa shape index (κ3) is 2.69. The van der Waals surface area contributed by atoms with Gasteiger partial charge in [0.1, 0.15) is 5.82 Å². The first-order chi connectivity index (χ1) is 8.06. The van der Waals surface area contributed by atoms with Crippen LogP contribution in [0.1, 0.15) is 19.3 Å². The van der Waals surface area contributed by atoms with Crippen LogP contribution in [0.4, 0.5) is 23.7 Å². The molecule has 0 unspecified atom stereocenters. The summed E-state index contributed by atoms with van der Waals surface area (Å²) < 4.78 is 38.9. The van der Waals surface area contributed by atoms with Crippen LogP contribution in [0.25, 0.3) is 0 Å². The molecule has 0 spiro atoms. The van der Waals surface area contributed by atoms with E-state index in [1.165, 1.54) is 0 Å². The Kier molecular flexibility index (Phi) is 3.21. The van der Waals surface area contributed by atoms with Crippen LogP contribution in [0.15, 0.2) is 12.1 Å². The van der Waals surface area contributed by atoms with E-state index in [-0.39, 0.29) is 6.04 Å². The fraction of sp³-hybridized carbons (Fsp3) is 0.364. The number of nitrogens with one attached hydrogen (secondary N) is 2. The smallest absolute Gasteiger partial charge is 0.319 e. The summed E-state index contributed by atoms with van der Waals surface area (Å²) in [5.74, 6) is -3.54. The second kappa shape index (κ2) is 4.65. The fourth-order valence-electron chi connectivity index (χ4n) is 1.54. The Morgan fingerprint density at radius 3 is 2.53 bits per heavy atom. The lowest BCUT2D eigenvalue weighted by Gasteiger charge is -2.26. The maximum absolute atomic E-state index is 13.2. The van der Waals surface area contributed by atoms with Crippen molar-refractivity contribution in [2.45, 2.75) is 25.3 Å². The van der Waals surface area contributed by atoms with Crippen molar-refractivity contribution >= 4 is 11.7 Å². The number of halogens is 3. The van der Waals surface area contributed by atoms with Gasteiger partial charge in [0, 0.05) is 18.2 Å². The average Bonchev–Trinajstić information content (AvgIpc) is 2.19. The molecule has 0 bridgehead atoms.